The Labute approximate surface area is 128 Å². The summed E-state index contributed by atoms with van der Waals surface area (Å²) in [4.78, 5) is 12.2. The van der Waals surface area contributed by atoms with Gasteiger partial charge in [-0.25, -0.2) is 0 Å². The highest BCUT2D eigenvalue weighted by molar-refractivity contribution is 6.75. The summed E-state index contributed by atoms with van der Waals surface area (Å²) in [7, 11) is 0.426. The summed E-state index contributed by atoms with van der Waals surface area (Å²) < 4.78 is 0. The molecule has 0 aliphatic heterocycles. The molecule has 21 heavy (non-hydrogen) atoms. The Morgan fingerprint density at radius 3 is 2.24 bits per heavy atom. The van der Waals surface area contributed by atoms with E-state index in [0.29, 0.717) is 0 Å². The number of benzene rings is 2. The van der Waals surface area contributed by atoms with E-state index >= 15 is 0 Å². The van der Waals surface area contributed by atoms with Crippen LogP contribution in [0.25, 0.3) is 11.1 Å². The molecule has 0 aliphatic carbocycles. The lowest BCUT2D eigenvalue weighted by Gasteiger charge is -2.19. The molecule has 2 nitrogen and oxygen atoms in total. The van der Waals surface area contributed by atoms with Crippen LogP contribution in [0.2, 0.25) is 19.6 Å². The van der Waals surface area contributed by atoms with Crippen LogP contribution in [0.5, 0.6) is 0 Å². The van der Waals surface area contributed by atoms with Gasteiger partial charge < -0.3 is 5.32 Å². The molecule has 0 saturated heterocycles. The molecule has 0 fully saturated rings. The van der Waals surface area contributed by atoms with Crippen molar-refractivity contribution in [1.29, 1.82) is 0 Å². The van der Waals surface area contributed by atoms with Crippen molar-refractivity contribution >= 4 is 14.0 Å². The topological polar surface area (TPSA) is 29.1 Å². The lowest BCUT2D eigenvalue weighted by molar-refractivity contribution is 0.0962. The third-order valence-electron chi connectivity index (χ3n) is 3.41. The Kier molecular flexibility index (Phi) is 4.63. The van der Waals surface area contributed by atoms with Crippen LogP contribution in [0.1, 0.15) is 15.9 Å². The molecule has 1 N–H and O–H groups in total. The first kappa shape index (κ1) is 15.5. The standard InChI is InChI=1S/C18H23NOSi/c1-19-18(20)17-12-15(14-8-6-5-7-9-14)10-11-16(17)13-21(2,3)4/h5-12H,13H2,1-4H3,(H,19,20). The van der Waals surface area contributed by atoms with Gasteiger partial charge in [-0.05, 0) is 28.8 Å². The molecule has 0 saturated carbocycles. The van der Waals surface area contributed by atoms with E-state index in [4.69, 9.17) is 0 Å². The number of carbonyl (C=O) groups is 1. The number of rotatable bonds is 4. The van der Waals surface area contributed by atoms with E-state index in [0.717, 1.165) is 28.3 Å². The summed E-state index contributed by atoms with van der Waals surface area (Å²) >= 11 is 0. The lowest BCUT2D eigenvalue weighted by Crippen LogP contribution is -2.27. The largest absolute Gasteiger partial charge is 0.355 e. The minimum atomic E-state index is -1.26. The maximum Gasteiger partial charge on any atom is 0.251 e. The molecular weight excluding hydrogens is 274 g/mol. The molecular formula is C18H23NOSi. The monoisotopic (exact) mass is 297 g/mol. The van der Waals surface area contributed by atoms with Gasteiger partial charge in [0, 0.05) is 20.7 Å². The molecule has 2 aromatic carbocycles. The second-order valence-corrected chi connectivity index (χ2v) is 12.0. The fraction of sp³-hybridized carbons (Fsp3) is 0.278. The van der Waals surface area contributed by atoms with Gasteiger partial charge in [0.2, 0.25) is 0 Å². The minimum absolute atomic E-state index is 0.000955. The first-order chi connectivity index (χ1) is 9.90. The van der Waals surface area contributed by atoms with Crippen LogP contribution in [0.4, 0.5) is 0 Å². The first-order valence-electron chi connectivity index (χ1n) is 7.31. The van der Waals surface area contributed by atoms with E-state index in [1.54, 1.807) is 7.05 Å². The summed E-state index contributed by atoms with van der Waals surface area (Å²) in [5.74, 6) is 0.000955. The maximum atomic E-state index is 12.2. The summed E-state index contributed by atoms with van der Waals surface area (Å²) in [6.45, 7) is 6.98. The van der Waals surface area contributed by atoms with Crippen molar-refractivity contribution in [3.8, 4) is 11.1 Å². The third kappa shape index (κ3) is 4.05. The quantitative estimate of drug-likeness (QED) is 0.845. The molecule has 3 heteroatoms. The van der Waals surface area contributed by atoms with Gasteiger partial charge in [-0.2, -0.15) is 0 Å². The van der Waals surface area contributed by atoms with Gasteiger partial charge in [-0.15, -0.1) is 0 Å². The van der Waals surface area contributed by atoms with Gasteiger partial charge in [0.1, 0.15) is 0 Å². The van der Waals surface area contributed by atoms with Crippen LogP contribution in [-0.2, 0) is 6.04 Å². The van der Waals surface area contributed by atoms with Crippen LogP contribution in [0.15, 0.2) is 48.5 Å². The highest BCUT2D eigenvalue weighted by atomic mass is 28.3. The molecule has 1 amide bonds. The summed E-state index contributed by atoms with van der Waals surface area (Å²) in [5.41, 5.74) is 4.20. The van der Waals surface area contributed by atoms with Crippen molar-refractivity contribution in [2.75, 3.05) is 7.05 Å². The number of hydrogen-bond acceptors (Lipinski definition) is 1. The Balaban J connectivity index is 2.47. The predicted molar refractivity (Wildman–Crippen MR) is 92.3 cm³/mol. The van der Waals surface area contributed by atoms with Crippen molar-refractivity contribution in [2.45, 2.75) is 25.7 Å². The van der Waals surface area contributed by atoms with E-state index in [-0.39, 0.29) is 5.91 Å². The number of amides is 1. The zero-order valence-corrected chi connectivity index (χ0v) is 14.2. The van der Waals surface area contributed by atoms with E-state index < -0.39 is 8.07 Å². The Bertz CT molecular complexity index is 629. The average molecular weight is 297 g/mol. The summed E-state index contributed by atoms with van der Waals surface area (Å²) in [5, 5.41) is 2.76. The van der Waals surface area contributed by atoms with Crippen molar-refractivity contribution in [1.82, 2.24) is 5.32 Å². The Morgan fingerprint density at radius 1 is 1.00 bits per heavy atom. The van der Waals surface area contributed by atoms with Crippen LogP contribution in [-0.4, -0.2) is 21.0 Å². The maximum absolute atomic E-state index is 12.2. The predicted octanol–water partition coefficient (Wildman–Crippen LogP) is 4.13. The molecule has 0 radical (unpaired) electrons. The van der Waals surface area contributed by atoms with E-state index in [9.17, 15) is 4.79 Å². The van der Waals surface area contributed by atoms with Crippen molar-refractivity contribution < 1.29 is 4.79 Å². The number of hydrogen-bond donors (Lipinski definition) is 1. The molecule has 0 atom stereocenters. The molecule has 0 heterocycles. The van der Waals surface area contributed by atoms with Gasteiger partial charge in [-0.3, -0.25) is 4.79 Å². The van der Waals surface area contributed by atoms with Gasteiger partial charge in [0.15, 0.2) is 0 Å². The van der Waals surface area contributed by atoms with Crippen LogP contribution < -0.4 is 5.32 Å². The second kappa shape index (κ2) is 6.27. The highest BCUT2D eigenvalue weighted by Crippen LogP contribution is 2.24. The van der Waals surface area contributed by atoms with E-state index in [1.807, 2.05) is 24.3 Å². The zero-order chi connectivity index (χ0) is 15.5. The van der Waals surface area contributed by atoms with Gasteiger partial charge in [0.25, 0.3) is 5.91 Å². The van der Waals surface area contributed by atoms with Gasteiger partial charge in [0.05, 0.1) is 0 Å². The van der Waals surface area contributed by atoms with Crippen molar-refractivity contribution in [3.05, 3.63) is 59.7 Å². The van der Waals surface area contributed by atoms with Gasteiger partial charge in [-0.1, -0.05) is 62.1 Å². The van der Waals surface area contributed by atoms with E-state index in [2.05, 4.69) is 49.2 Å². The first-order valence-corrected chi connectivity index (χ1v) is 11.0. The smallest absolute Gasteiger partial charge is 0.251 e. The second-order valence-electron chi connectivity index (χ2n) is 6.55. The fourth-order valence-corrected chi connectivity index (χ4v) is 3.91. The Hall–Kier alpha value is -1.87. The van der Waals surface area contributed by atoms with Crippen LogP contribution in [0, 0.1) is 0 Å². The molecule has 0 spiro atoms. The average Bonchev–Trinajstić information content (AvgIpc) is 2.46. The van der Waals surface area contributed by atoms with Crippen LogP contribution >= 0.6 is 0 Å². The van der Waals surface area contributed by atoms with E-state index in [1.165, 1.54) is 0 Å². The molecule has 2 aromatic rings. The fourth-order valence-electron chi connectivity index (χ4n) is 2.46. The Morgan fingerprint density at radius 2 is 1.67 bits per heavy atom. The van der Waals surface area contributed by atoms with Crippen LogP contribution in [0.3, 0.4) is 0 Å². The molecule has 110 valence electrons. The molecule has 0 aromatic heterocycles. The summed E-state index contributed by atoms with van der Waals surface area (Å²) in [6.07, 6.45) is 0. The molecule has 0 unspecified atom stereocenters. The number of nitrogens with one attached hydrogen (secondary N) is 1. The van der Waals surface area contributed by atoms with Crippen molar-refractivity contribution in [2.24, 2.45) is 0 Å². The molecule has 2 rings (SSSR count). The SMILES string of the molecule is CNC(=O)c1cc(-c2ccccc2)ccc1C[Si](C)(C)C. The van der Waals surface area contributed by atoms with Crippen molar-refractivity contribution in [3.63, 3.8) is 0 Å². The third-order valence-corrected chi connectivity index (χ3v) is 4.85. The zero-order valence-electron chi connectivity index (χ0n) is 13.2. The molecule has 0 aliphatic rings. The molecule has 0 bridgehead atoms. The normalized spacial score (nSPS) is 11.2. The minimum Gasteiger partial charge on any atom is -0.355 e. The highest BCUT2D eigenvalue weighted by Gasteiger charge is 2.19. The summed E-state index contributed by atoms with van der Waals surface area (Å²) in [6, 6.07) is 17.5. The lowest BCUT2D eigenvalue weighted by atomic mass is 9.99. The van der Waals surface area contributed by atoms with Gasteiger partial charge >= 0.3 is 0 Å². The number of carbonyl (C=O) groups excluding carboxylic acids is 1.